The average molecular weight is 249 g/mol. The Bertz CT molecular complexity index is 497. The number of carboxylic acids is 1. The molecule has 5 nitrogen and oxygen atoms in total. The van der Waals surface area contributed by atoms with Crippen LogP contribution in [0.15, 0.2) is 22.6 Å². The molecule has 1 aliphatic rings. The molecule has 1 amide bonds. The van der Waals surface area contributed by atoms with Crippen molar-refractivity contribution < 1.29 is 19.1 Å². The van der Waals surface area contributed by atoms with E-state index in [1.807, 2.05) is 6.92 Å². The van der Waals surface area contributed by atoms with Crippen molar-refractivity contribution in [2.24, 2.45) is 5.41 Å². The summed E-state index contributed by atoms with van der Waals surface area (Å²) in [6.07, 6.45) is 4.16. The number of rotatable bonds is 5. The van der Waals surface area contributed by atoms with Crippen LogP contribution in [0.4, 0.5) is 0 Å². The summed E-state index contributed by atoms with van der Waals surface area (Å²) in [5, 5.41) is 11.5. The van der Waals surface area contributed by atoms with E-state index < -0.39 is 11.4 Å². The van der Waals surface area contributed by atoms with E-state index in [2.05, 4.69) is 5.32 Å². The molecule has 1 saturated carbocycles. The normalized spacial score (nSPS) is 16.7. The van der Waals surface area contributed by atoms with Crippen LogP contribution in [0, 0.1) is 12.3 Å². The molecule has 0 unspecified atom stereocenters. The number of carbonyl (C=O) groups is 2. The standard InChI is InChI=1S/C13H15NO4/c1-9-2-3-10(18-9)4-5-11(15)14-8-13(6-7-13)12(16)17/h2-5H,6-8H2,1H3,(H,14,15)(H,16,17)/b5-4+. The summed E-state index contributed by atoms with van der Waals surface area (Å²) in [6.45, 7) is 2.00. The molecule has 0 aliphatic heterocycles. The van der Waals surface area contributed by atoms with Gasteiger partial charge in [-0.15, -0.1) is 0 Å². The van der Waals surface area contributed by atoms with Gasteiger partial charge in [0.05, 0.1) is 5.41 Å². The Morgan fingerprint density at radius 3 is 2.72 bits per heavy atom. The molecule has 0 aromatic carbocycles. The number of aliphatic carboxylic acids is 1. The second-order valence-corrected chi connectivity index (χ2v) is 4.59. The molecule has 18 heavy (non-hydrogen) atoms. The Hall–Kier alpha value is -2.04. The van der Waals surface area contributed by atoms with Crippen LogP contribution >= 0.6 is 0 Å². The molecule has 1 heterocycles. The van der Waals surface area contributed by atoms with Gasteiger partial charge in [-0.05, 0) is 38.0 Å². The molecule has 2 rings (SSSR count). The van der Waals surface area contributed by atoms with Gasteiger partial charge in [0, 0.05) is 12.6 Å². The number of furan rings is 1. The molecule has 0 spiro atoms. The molecule has 0 bridgehead atoms. The van der Waals surface area contributed by atoms with Gasteiger partial charge >= 0.3 is 5.97 Å². The third kappa shape index (κ3) is 2.80. The van der Waals surface area contributed by atoms with Gasteiger partial charge in [-0.2, -0.15) is 0 Å². The van der Waals surface area contributed by atoms with E-state index in [1.54, 1.807) is 18.2 Å². The van der Waals surface area contributed by atoms with Crippen molar-refractivity contribution in [3.63, 3.8) is 0 Å². The Morgan fingerprint density at radius 2 is 2.22 bits per heavy atom. The number of carbonyl (C=O) groups excluding carboxylic acids is 1. The zero-order valence-electron chi connectivity index (χ0n) is 10.1. The molecule has 2 N–H and O–H groups in total. The molecule has 1 fully saturated rings. The zero-order chi connectivity index (χ0) is 13.2. The first-order valence-corrected chi connectivity index (χ1v) is 5.78. The van der Waals surface area contributed by atoms with Crippen LogP contribution in [-0.4, -0.2) is 23.5 Å². The largest absolute Gasteiger partial charge is 0.481 e. The fourth-order valence-corrected chi connectivity index (χ4v) is 1.63. The Morgan fingerprint density at radius 1 is 1.50 bits per heavy atom. The smallest absolute Gasteiger partial charge is 0.311 e. The highest BCUT2D eigenvalue weighted by Crippen LogP contribution is 2.45. The van der Waals surface area contributed by atoms with E-state index in [4.69, 9.17) is 9.52 Å². The second kappa shape index (κ2) is 4.68. The van der Waals surface area contributed by atoms with Crippen LogP contribution in [0.3, 0.4) is 0 Å². The van der Waals surface area contributed by atoms with Crippen LogP contribution in [-0.2, 0) is 9.59 Å². The number of hydrogen-bond donors (Lipinski definition) is 2. The minimum absolute atomic E-state index is 0.183. The predicted molar refractivity (Wildman–Crippen MR) is 64.8 cm³/mol. The first-order chi connectivity index (χ1) is 8.52. The minimum Gasteiger partial charge on any atom is -0.481 e. The third-order valence-corrected chi connectivity index (χ3v) is 3.07. The maximum absolute atomic E-state index is 11.5. The number of hydrogen-bond acceptors (Lipinski definition) is 3. The van der Waals surface area contributed by atoms with E-state index in [-0.39, 0.29) is 12.5 Å². The number of nitrogens with one attached hydrogen (secondary N) is 1. The van der Waals surface area contributed by atoms with Crippen LogP contribution in [0.25, 0.3) is 6.08 Å². The summed E-state index contributed by atoms with van der Waals surface area (Å²) in [4.78, 5) is 22.4. The molecule has 96 valence electrons. The summed E-state index contributed by atoms with van der Waals surface area (Å²) in [6, 6.07) is 3.57. The summed E-state index contributed by atoms with van der Waals surface area (Å²) >= 11 is 0. The van der Waals surface area contributed by atoms with Crippen molar-refractivity contribution in [1.29, 1.82) is 0 Å². The predicted octanol–water partition coefficient (Wildman–Crippen LogP) is 1.58. The molecule has 0 saturated heterocycles. The average Bonchev–Trinajstić information content (AvgIpc) is 3.02. The molecule has 1 aliphatic carbocycles. The quantitative estimate of drug-likeness (QED) is 0.776. The fourth-order valence-electron chi connectivity index (χ4n) is 1.63. The van der Waals surface area contributed by atoms with Crippen molar-refractivity contribution >= 4 is 18.0 Å². The van der Waals surface area contributed by atoms with Crippen LogP contribution < -0.4 is 5.32 Å². The van der Waals surface area contributed by atoms with E-state index in [9.17, 15) is 9.59 Å². The molecule has 0 atom stereocenters. The van der Waals surface area contributed by atoms with E-state index in [1.165, 1.54) is 6.08 Å². The molecular weight excluding hydrogens is 234 g/mol. The van der Waals surface area contributed by atoms with Crippen molar-refractivity contribution in [2.75, 3.05) is 6.54 Å². The van der Waals surface area contributed by atoms with Gasteiger partial charge in [-0.3, -0.25) is 9.59 Å². The highest BCUT2D eigenvalue weighted by Gasteiger charge is 2.50. The van der Waals surface area contributed by atoms with E-state index in [0.29, 0.717) is 18.6 Å². The lowest BCUT2D eigenvalue weighted by Gasteiger charge is -2.09. The van der Waals surface area contributed by atoms with Gasteiger partial charge < -0.3 is 14.8 Å². The van der Waals surface area contributed by atoms with Crippen molar-refractivity contribution in [3.8, 4) is 0 Å². The fraction of sp³-hybridized carbons (Fsp3) is 0.385. The topological polar surface area (TPSA) is 79.5 Å². The monoisotopic (exact) mass is 249 g/mol. The maximum atomic E-state index is 11.5. The van der Waals surface area contributed by atoms with Gasteiger partial charge in [-0.25, -0.2) is 0 Å². The summed E-state index contributed by atoms with van der Waals surface area (Å²) in [7, 11) is 0. The number of carboxylic acid groups (broad SMARTS) is 1. The molecule has 1 aromatic heterocycles. The van der Waals surface area contributed by atoms with Crippen LogP contribution in [0.2, 0.25) is 0 Å². The second-order valence-electron chi connectivity index (χ2n) is 4.59. The Kier molecular flexibility index (Phi) is 3.23. The summed E-state index contributed by atoms with van der Waals surface area (Å²) in [5.41, 5.74) is -0.731. The van der Waals surface area contributed by atoms with Gasteiger partial charge in [0.25, 0.3) is 0 Å². The SMILES string of the molecule is Cc1ccc(/C=C/C(=O)NCC2(C(=O)O)CC2)o1. The Balaban J connectivity index is 1.82. The van der Waals surface area contributed by atoms with Crippen molar-refractivity contribution in [1.82, 2.24) is 5.32 Å². The lowest BCUT2D eigenvalue weighted by Crippen LogP contribution is -2.33. The highest BCUT2D eigenvalue weighted by atomic mass is 16.4. The molecule has 1 aromatic rings. The number of aryl methyl sites for hydroxylation is 1. The van der Waals surface area contributed by atoms with Crippen LogP contribution in [0.1, 0.15) is 24.4 Å². The van der Waals surface area contributed by atoms with E-state index in [0.717, 1.165) is 5.76 Å². The van der Waals surface area contributed by atoms with Gasteiger partial charge in [-0.1, -0.05) is 0 Å². The molecule has 0 radical (unpaired) electrons. The van der Waals surface area contributed by atoms with Crippen molar-refractivity contribution in [3.05, 3.63) is 29.7 Å². The van der Waals surface area contributed by atoms with E-state index >= 15 is 0 Å². The van der Waals surface area contributed by atoms with Gasteiger partial charge in [0.1, 0.15) is 11.5 Å². The Labute approximate surface area is 104 Å². The third-order valence-electron chi connectivity index (χ3n) is 3.07. The zero-order valence-corrected chi connectivity index (χ0v) is 10.1. The van der Waals surface area contributed by atoms with Gasteiger partial charge in [0.2, 0.25) is 5.91 Å². The minimum atomic E-state index is -0.839. The number of amides is 1. The molecule has 5 heteroatoms. The lowest BCUT2D eigenvalue weighted by atomic mass is 10.1. The first kappa shape index (κ1) is 12.4. The summed E-state index contributed by atoms with van der Waals surface area (Å²) < 4.78 is 5.27. The lowest BCUT2D eigenvalue weighted by molar-refractivity contribution is -0.143. The van der Waals surface area contributed by atoms with Crippen molar-refractivity contribution in [2.45, 2.75) is 19.8 Å². The van der Waals surface area contributed by atoms with Gasteiger partial charge in [0.15, 0.2) is 0 Å². The first-order valence-electron chi connectivity index (χ1n) is 5.78. The van der Waals surface area contributed by atoms with Crippen LogP contribution in [0.5, 0.6) is 0 Å². The highest BCUT2D eigenvalue weighted by molar-refractivity contribution is 5.92. The maximum Gasteiger partial charge on any atom is 0.311 e. The molecular formula is C13H15NO4. The summed E-state index contributed by atoms with van der Waals surface area (Å²) in [5.74, 6) is 0.227.